The molecule has 0 spiro atoms. The van der Waals surface area contributed by atoms with Crippen molar-refractivity contribution in [3.05, 3.63) is 71.8 Å². The van der Waals surface area contributed by atoms with E-state index < -0.39 is 11.6 Å². The fourth-order valence-corrected chi connectivity index (χ4v) is 1.87. The molecule has 0 aromatic heterocycles. The van der Waals surface area contributed by atoms with Gasteiger partial charge in [-0.05, 0) is 25.0 Å². The molecule has 0 fully saturated rings. The molecule has 0 atom stereocenters. The maximum atomic E-state index is 11.0. The highest BCUT2D eigenvalue weighted by Gasteiger charge is 2.23. The largest absolute Gasteiger partial charge is 0.547 e. The smallest absolute Gasteiger partial charge is 0.123 e. The molecule has 2 aromatic carbocycles. The average molecular weight is 284 g/mol. The Morgan fingerprint density at radius 3 is 1.81 bits per heavy atom. The van der Waals surface area contributed by atoms with Crippen molar-refractivity contribution in [3.8, 4) is 0 Å². The Kier molecular flexibility index (Phi) is 4.73. The second-order valence-electron chi connectivity index (χ2n) is 5.27. The molecular formula is C17H18NO3-. The number of carbonyl (C=O) groups is 1. The zero-order valence-corrected chi connectivity index (χ0v) is 12.1. The number of benzene rings is 2. The minimum Gasteiger partial charge on any atom is -0.547 e. The summed E-state index contributed by atoms with van der Waals surface area (Å²) in [5.41, 5.74) is 3.41. The lowest BCUT2D eigenvalue weighted by Crippen LogP contribution is -2.49. The molecule has 0 radical (unpaired) electrons. The van der Waals surface area contributed by atoms with Crippen molar-refractivity contribution in [2.75, 3.05) is 0 Å². The van der Waals surface area contributed by atoms with E-state index in [-0.39, 0.29) is 6.04 Å². The Morgan fingerprint density at radius 2 is 1.43 bits per heavy atom. The SMILES string of the molecule is CC(C)(ONC(c1ccccc1)c1ccccc1)C(=O)[O-]. The fourth-order valence-electron chi connectivity index (χ4n) is 1.87. The van der Waals surface area contributed by atoms with Gasteiger partial charge in [0.2, 0.25) is 0 Å². The summed E-state index contributed by atoms with van der Waals surface area (Å²) in [6.07, 6.45) is 0. The standard InChI is InChI=1S/C17H19NO3/c1-17(2,16(19)20)21-18-15(13-9-5-3-6-10-13)14-11-7-4-8-12-14/h3-12,15,18H,1-2H3,(H,19,20)/p-1. The van der Waals surface area contributed by atoms with Crippen LogP contribution in [0.1, 0.15) is 31.0 Å². The van der Waals surface area contributed by atoms with Crippen LogP contribution in [0.15, 0.2) is 60.7 Å². The molecule has 0 aliphatic rings. The van der Waals surface area contributed by atoms with E-state index in [0.29, 0.717) is 0 Å². The Bertz CT molecular complexity index is 542. The summed E-state index contributed by atoms with van der Waals surface area (Å²) in [5.74, 6) is -1.27. The molecule has 1 N–H and O–H groups in total. The van der Waals surface area contributed by atoms with Crippen molar-refractivity contribution >= 4 is 5.97 Å². The molecule has 0 unspecified atom stereocenters. The zero-order valence-electron chi connectivity index (χ0n) is 12.1. The van der Waals surface area contributed by atoms with Crippen LogP contribution in [0, 0.1) is 0 Å². The van der Waals surface area contributed by atoms with Gasteiger partial charge in [0.05, 0.1) is 12.0 Å². The number of hydrogen-bond donors (Lipinski definition) is 1. The molecule has 0 aliphatic carbocycles. The highest BCUT2D eigenvalue weighted by molar-refractivity contribution is 5.73. The number of nitrogens with one attached hydrogen (secondary N) is 1. The number of rotatable bonds is 6. The molecule has 4 nitrogen and oxygen atoms in total. The number of carbonyl (C=O) groups excluding carboxylic acids is 1. The van der Waals surface area contributed by atoms with E-state index in [1.807, 2.05) is 60.7 Å². The summed E-state index contributed by atoms with van der Waals surface area (Å²) in [4.78, 5) is 16.4. The number of carboxylic acid groups (broad SMARTS) is 1. The number of hydroxylamine groups is 1. The van der Waals surface area contributed by atoms with Crippen LogP contribution in [0.4, 0.5) is 0 Å². The zero-order chi connectivity index (χ0) is 15.3. The fraction of sp³-hybridized carbons (Fsp3) is 0.235. The number of carboxylic acids is 1. The first-order valence-corrected chi connectivity index (χ1v) is 6.75. The topological polar surface area (TPSA) is 61.4 Å². The maximum Gasteiger partial charge on any atom is 0.123 e. The molecule has 0 heterocycles. The van der Waals surface area contributed by atoms with Crippen LogP contribution in [0.2, 0.25) is 0 Å². The summed E-state index contributed by atoms with van der Waals surface area (Å²) < 4.78 is 0. The van der Waals surface area contributed by atoms with Crippen LogP contribution in [0.5, 0.6) is 0 Å². The molecule has 0 aliphatic heterocycles. The number of hydrogen-bond acceptors (Lipinski definition) is 4. The summed E-state index contributed by atoms with van der Waals surface area (Å²) in [5, 5.41) is 11.0. The Balaban J connectivity index is 2.24. The van der Waals surface area contributed by atoms with Crippen LogP contribution < -0.4 is 10.6 Å². The molecule has 0 saturated carbocycles. The van der Waals surface area contributed by atoms with E-state index in [2.05, 4.69) is 5.48 Å². The predicted molar refractivity (Wildman–Crippen MR) is 78.0 cm³/mol. The molecule has 110 valence electrons. The van der Waals surface area contributed by atoms with Gasteiger partial charge in [-0.1, -0.05) is 60.7 Å². The summed E-state index contributed by atoms with van der Waals surface area (Å²) >= 11 is 0. The maximum absolute atomic E-state index is 11.0. The van der Waals surface area contributed by atoms with Crippen LogP contribution in [-0.4, -0.2) is 11.6 Å². The molecular weight excluding hydrogens is 266 g/mol. The molecule has 21 heavy (non-hydrogen) atoms. The molecule has 4 heteroatoms. The highest BCUT2D eigenvalue weighted by atomic mass is 16.7. The molecule has 0 saturated heterocycles. The minimum atomic E-state index is -1.41. The second-order valence-corrected chi connectivity index (χ2v) is 5.27. The highest BCUT2D eigenvalue weighted by Crippen LogP contribution is 2.22. The van der Waals surface area contributed by atoms with Gasteiger partial charge in [-0.3, -0.25) is 4.84 Å². The van der Waals surface area contributed by atoms with Crippen molar-refractivity contribution in [3.63, 3.8) is 0 Å². The lowest BCUT2D eigenvalue weighted by atomic mass is 10.00. The first-order chi connectivity index (χ1) is 10.0. The van der Waals surface area contributed by atoms with Gasteiger partial charge in [0, 0.05) is 0 Å². The third-order valence-corrected chi connectivity index (χ3v) is 3.19. The van der Waals surface area contributed by atoms with Crippen molar-refractivity contribution < 1.29 is 14.7 Å². The van der Waals surface area contributed by atoms with Gasteiger partial charge in [0.1, 0.15) is 5.60 Å². The van der Waals surface area contributed by atoms with Crippen LogP contribution in [-0.2, 0) is 9.63 Å². The monoisotopic (exact) mass is 284 g/mol. The van der Waals surface area contributed by atoms with Crippen LogP contribution in [0.3, 0.4) is 0 Å². The van der Waals surface area contributed by atoms with E-state index in [0.717, 1.165) is 11.1 Å². The van der Waals surface area contributed by atoms with Gasteiger partial charge in [0.15, 0.2) is 0 Å². The minimum absolute atomic E-state index is 0.258. The van der Waals surface area contributed by atoms with Crippen molar-refractivity contribution in [2.45, 2.75) is 25.5 Å². The van der Waals surface area contributed by atoms with Crippen molar-refractivity contribution in [1.82, 2.24) is 5.48 Å². The molecule has 2 rings (SSSR count). The van der Waals surface area contributed by atoms with Gasteiger partial charge < -0.3 is 9.90 Å². The third-order valence-electron chi connectivity index (χ3n) is 3.19. The van der Waals surface area contributed by atoms with Gasteiger partial charge in [-0.15, -0.1) is 0 Å². The van der Waals surface area contributed by atoms with Crippen LogP contribution >= 0.6 is 0 Å². The van der Waals surface area contributed by atoms with E-state index in [4.69, 9.17) is 4.84 Å². The first kappa shape index (κ1) is 15.2. The van der Waals surface area contributed by atoms with Gasteiger partial charge in [0.25, 0.3) is 0 Å². The molecule has 0 bridgehead atoms. The lowest BCUT2D eigenvalue weighted by Gasteiger charge is -2.29. The normalized spacial score (nSPS) is 11.6. The van der Waals surface area contributed by atoms with Crippen molar-refractivity contribution in [1.29, 1.82) is 0 Å². The summed E-state index contributed by atoms with van der Waals surface area (Å²) in [6, 6.07) is 19.1. The van der Waals surface area contributed by atoms with E-state index in [1.54, 1.807) is 0 Å². The Labute approximate surface area is 124 Å². The molecule has 0 amide bonds. The molecule has 2 aromatic rings. The van der Waals surface area contributed by atoms with Gasteiger partial charge in [-0.2, -0.15) is 5.48 Å². The lowest BCUT2D eigenvalue weighted by molar-refractivity contribution is -0.328. The van der Waals surface area contributed by atoms with Gasteiger partial charge in [-0.25, -0.2) is 0 Å². The van der Waals surface area contributed by atoms with E-state index >= 15 is 0 Å². The average Bonchev–Trinajstić information content (AvgIpc) is 2.49. The first-order valence-electron chi connectivity index (χ1n) is 6.75. The summed E-state index contributed by atoms with van der Waals surface area (Å²) in [7, 11) is 0. The Morgan fingerprint density at radius 1 is 1.00 bits per heavy atom. The predicted octanol–water partition coefficient (Wildman–Crippen LogP) is 1.83. The van der Waals surface area contributed by atoms with Gasteiger partial charge >= 0.3 is 0 Å². The van der Waals surface area contributed by atoms with E-state index in [1.165, 1.54) is 13.8 Å². The van der Waals surface area contributed by atoms with E-state index in [9.17, 15) is 9.90 Å². The summed E-state index contributed by atoms with van der Waals surface area (Å²) in [6.45, 7) is 2.89. The second kappa shape index (κ2) is 6.52. The Hall–Kier alpha value is -2.17. The van der Waals surface area contributed by atoms with Crippen molar-refractivity contribution in [2.24, 2.45) is 0 Å². The van der Waals surface area contributed by atoms with Crippen LogP contribution in [0.25, 0.3) is 0 Å². The third kappa shape index (κ3) is 3.90. The quantitative estimate of drug-likeness (QED) is 0.822. The number of aliphatic carboxylic acids is 1.